The van der Waals surface area contributed by atoms with Gasteiger partial charge in [-0.1, -0.05) is 24.3 Å². The van der Waals surface area contributed by atoms with Gasteiger partial charge in [0.05, 0.1) is 59.9 Å². The monoisotopic (exact) mass is 630 g/mol. The quantitative estimate of drug-likeness (QED) is 0.164. The van der Waals surface area contributed by atoms with Gasteiger partial charge in [-0.3, -0.25) is 4.79 Å². The fourth-order valence-electron chi connectivity index (χ4n) is 4.78. The molecular weight excluding hydrogens is 601 g/mol. The molecule has 1 aliphatic heterocycles. The zero-order chi connectivity index (χ0) is 32.8. The van der Waals surface area contributed by atoms with Gasteiger partial charge in [-0.25, -0.2) is 22.9 Å². The number of nitrogen functional groups attached to an aromatic ring is 1. The van der Waals surface area contributed by atoms with E-state index in [0.717, 1.165) is 12.1 Å². The van der Waals surface area contributed by atoms with Crippen LogP contribution in [-0.2, 0) is 27.3 Å². The average Bonchev–Trinajstić information content (AvgIpc) is 3.02. The van der Waals surface area contributed by atoms with E-state index in [9.17, 15) is 18.4 Å². The van der Waals surface area contributed by atoms with Crippen molar-refractivity contribution in [3.8, 4) is 23.2 Å². The van der Waals surface area contributed by atoms with E-state index in [4.69, 9.17) is 25.2 Å². The van der Waals surface area contributed by atoms with E-state index < -0.39 is 35.7 Å². The number of esters is 1. The summed E-state index contributed by atoms with van der Waals surface area (Å²) in [7, 11) is 0. The predicted molar refractivity (Wildman–Crippen MR) is 162 cm³/mol. The summed E-state index contributed by atoms with van der Waals surface area (Å²) >= 11 is 0. The Labute approximate surface area is 262 Å². The number of nitrogens with two attached hydrogens (primary N) is 1. The smallest absolute Gasteiger partial charge is 0.338 e. The van der Waals surface area contributed by atoms with E-state index in [-0.39, 0.29) is 65.4 Å². The van der Waals surface area contributed by atoms with Crippen molar-refractivity contribution in [3.63, 3.8) is 0 Å². The van der Waals surface area contributed by atoms with Gasteiger partial charge in [0, 0.05) is 23.8 Å². The van der Waals surface area contributed by atoms with Crippen molar-refractivity contribution in [2.24, 2.45) is 0 Å². The molecule has 1 atom stereocenters. The summed E-state index contributed by atoms with van der Waals surface area (Å²) in [5.41, 5.74) is 6.78. The fraction of sp³-hybridized carbons (Fsp3) is 0.235. The Morgan fingerprint density at radius 1 is 1.04 bits per heavy atom. The molecule has 12 heteroatoms. The molecular formula is C34H29F3N4O5. The lowest BCUT2D eigenvalue weighted by molar-refractivity contribution is -0.119. The summed E-state index contributed by atoms with van der Waals surface area (Å²) in [5, 5.41) is 8.91. The molecule has 3 aromatic carbocycles. The molecule has 1 amide bonds. The molecule has 236 valence electrons. The van der Waals surface area contributed by atoms with Crippen LogP contribution in [0.15, 0.2) is 66.7 Å². The van der Waals surface area contributed by atoms with Crippen molar-refractivity contribution >= 4 is 23.3 Å². The minimum absolute atomic E-state index is 0.0253. The van der Waals surface area contributed by atoms with Crippen LogP contribution in [0.3, 0.4) is 0 Å². The molecule has 1 saturated heterocycles. The largest absolute Gasteiger partial charge is 0.473 e. The van der Waals surface area contributed by atoms with E-state index >= 15 is 4.39 Å². The minimum atomic E-state index is -0.899. The molecule has 0 bridgehead atoms. The second-order valence-electron chi connectivity index (χ2n) is 10.4. The van der Waals surface area contributed by atoms with Crippen molar-refractivity contribution < 1.29 is 37.0 Å². The van der Waals surface area contributed by atoms with Crippen LogP contribution in [0.2, 0.25) is 0 Å². The number of carbonyl (C=O) groups is 2. The van der Waals surface area contributed by atoms with Gasteiger partial charge >= 0.3 is 5.97 Å². The van der Waals surface area contributed by atoms with Crippen LogP contribution in [0, 0.1) is 28.8 Å². The predicted octanol–water partition coefficient (Wildman–Crippen LogP) is 5.74. The van der Waals surface area contributed by atoms with Gasteiger partial charge in [-0.15, -0.1) is 0 Å². The van der Waals surface area contributed by atoms with E-state index in [1.807, 2.05) is 6.07 Å². The fourth-order valence-corrected chi connectivity index (χ4v) is 4.78. The van der Waals surface area contributed by atoms with Gasteiger partial charge in [-0.2, -0.15) is 5.26 Å². The van der Waals surface area contributed by atoms with Crippen molar-refractivity contribution in [2.75, 3.05) is 30.4 Å². The first-order chi connectivity index (χ1) is 22.2. The molecule has 9 nitrogen and oxygen atoms in total. The highest BCUT2D eigenvalue weighted by atomic mass is 19.1. The van der Waals surface area contributed by atoms with Crippen LogP contribution in [-0.4, -0.2) is 42.7 Å². The topological polar surface area (TPSA) is 128 Å². The lowest BCUT2D eigenvalue weighted by Gasteiger charge is -2.33. The lowest BCUT2D eigenvalue weighted by Crippen LogP contribution is -2.44. The lowest BCUT2D eigenvalue weighted by atomic mass is 10.0. The number of carbonyl (C=O) groups excluding carboxylic acids is 2. The minimum Gasteiger partial charge on any atom is -0.473 e. The molecule has 5 rings (SSSR count). The van der Waals surface area contributed by atoms with Crippen molar-refractivity contribution in [3.05, 3.63) is 106 Å². The Morgan fingerprint density at radius 3 is 2.48 bits per heavy atom. The summed E-state index contributed by atoms with van der Waals surface area (Å²) in [6, 6.07) is 17.3. The van der Waals surface area contributed by atoms with Gasteiger partial charge in [0.1, 0.15) is 24.1 Å². The highest BCUT2D eigenvalue weighted by Gasteiger charge is 2.29. The van der Waals surface area contributed by atoms with E-state index in [1.54, 1.807) is 31.2 Å². The number of nitriles is 1. The van der Waals surface area contributed by atoms with Crippen molar-refractivity contribution in [1.82, 2.24) is 4.98 Å². The Hall–Kier alpha value is -5.41. The van der Waals surface area contributed by atoms with Crippen LogP contribution >= 0.6 is 0 Å². The van der Waals surface area contributed by atoms with Gasteiger partial charge in [0.2, 0.25) is 11.8 Å². The number of rotatable bonds is 11. The third kappa shape index (κ3) is 7.27. The zero-order valence-corrected chi connectivity index (χ0v) is 24.8. The average molecular weight is 631 g/mol. The number of anilines is 2. The molecule has 0 aliphatic carbocycles. The molecule has 1 aromatic heterocycles. The van der Waals surface area contributed by atoms with Gasteiger partial charge in [0.15, 0.2) is 0 Å². The Kier molecular flexibility index (Phi) is 9.83. The van der Waals surface area contributed by atoms with Crippen LogP contribution in [0.4, 0.5) is 24.5 Å². The number of halogens is 3. The summed E-state index contributed by atoms with van der Waals surface area (Å²) in [4.78, 5) is 31.5. The summed E-state index contributed by atoms with van der Waals surface area (Å²) in [6.45, 7) is 2.07. The SMILES string of the molecule is CCOC(=O)c1cc(F)c(N)c(N(C[C@@H]2CCO2)C(=O)Cc2ccc(-c3cccc(OCc4ccc(C#N)cc4F)n3)cc2F)c1. The van der Waals surface area contributed by atoms with Gasteiger partial charge in [0.25, 0.3) is 0 Å². The molecule has 1 aliphatic rings. The Morgan fingerprint density at radius 2 is 1.80 bits per heavy atom. The third-order valence-electron chi connectivity index (χ3n) is 7.36. The highest BCUT2D eigenvalue weighted by Crippen LogP contribution is 2.31. The molecule has 0 saturated carbocycles. The zero-order valence-electron chi connectivity index (χ0n) is 24.8. The number of amides is 1. The maximum Gasteiger partial charge on any atom is 0.338 e. The highest BCUT2D eigenvalue weighted by molar-refractivity contribution is 6.00. The van der Waals surface area contributed by atoms with Crippen LogP contribution in [0.25, 0.3) is 11.3 Å². The number of aromatic nitrogens is 1. The number of hydrogen-bond acceptors (Lipinski definition) is 8. The third-order valence-corrected chi connectivity index (χ3v) is 7.36. The van der Waals surface area contributed by atoms with Crippen LogP contribution in [0.5, 0.6) is 5.88 Å². The van der Waals surface area contributed by atoms with Crippen LogP contribution in [0.1, 0.15) is 40.4 Å². The van der Waals surface area contributed by atoms with Crippen LogP contribution < -0.4 is 15.4 Å². The number of benzene rings is 3. The van der Waals surface area contributed by atoms with Crippen molar-refractivity contribution in [1.29, 1.82) is 5.26 Å². The molecule has 4 aromatic rings. The van der Waals surface area contributed by atoms with Crippen molar-refractivity contribution in [2.45, 2.75) is 32.5 Å². The van der Waals surface area contributed by atoms with Gasteiger partial charge < -0.3 is 24.8 Å². The first-order valence-corrected chi connectivity index (χ1v) is 14.4. The maximum atomic E-state index is 15.4. The number of nitrogens with zero attached hydrogens (tertiary/aromatic N) is 3. The maximum absolute atomic E-state index is 15.4. The second-order valence-corrected chi connectivity index (χ2v) is 10.4. The Balaban J connectivity index is 1.34. The van der Waals surface area contributed by atoms with E-state index in [0.29, 0.717) is 24.3 Å². The summed E-state index contributed by atoms with van der Waals surface area (Å²) in [5.74, 6) is -3.36. The summed E-state index contributed by atoms with van der Waals surface area (Å²) < 4.78 is 60.5. The first-order valence-electron chi connectivity index (χ1n) is 14.4. The molecule has 1 fully saturated rings. The Bertz CT molecular complexity index is 1820. The molecule has 2 N–H and O–H groups in total. The standard InChI is InChI=1S/C34H29F3N4O5/c1-2-44-34(43)24-14-28(37)33(39)30(15-24)41(18-25-10-11-45-25)32(42)16-21-8-9-22(13-27(21)36)29-4-3-5-31(40-29)46-19-23-7-6-20(17-38)12-26(23)35/h3-9,12-15,25H,2,10-11,16,18-19,39H2,1H3/t25-/m0/s1. The van der Waals surface area contributed by atoms with E-state index in [2.05, 4.69) is 4.98 Å². The molecule has 0 spiro atoms. The normalized spacial score (nSPS) is 13.8. The number of ether oxygens (including phenoxy) is 3. The summed E-state index contributed by atoms with van der Waals surface area (Å²) in [6.07, 6.45) is -0.0693. The molecule has 2 heterocycles. The number of pyridine rings is 1. The first kappa shape index (κ1) is 32.0. The van der Waals surface area contributed by atoms with Gasteiger partial charge in [-0.05, 0) is 55.3 Å². The van der Waals surface area contributed by atoms with E-state index in [1.165, 1.54) is 35.2 Å². The number of hydrogen-bond donors (Lipinski definition) is 1. The molecule has 46 heavy (non-hydrogen) atoms. The second kappa shape index (κ2) is 14.1. The molecule has 0 unspecified atom stereocenters. The molecule has 0 radical (unpaired) electrons.